The summed E-state index contributed by atoms with van der Waals surface area (Å²) < 4.78 is 13.7. The molecule has 3 unspecified atom stereocenters. The van der Waals surface area contributed by atoms with Crippen molar-refractivity contribution in [3.8, 4) is 0 Å². The number of hydrogen-bond acceptors (Lipinski definition) is 3. The number of aliphatic hydroxyl groups is 1. The van der Waals surface area contributed by atoms with Crippen LogP contribution in [-0.4, -0.2) is 23.8 Å². The highest BCUT2D eigenvalue weighted by molar-refractivity contribution is 9.10. The first-order valence-electron chi connectivity index (χ1n) is 6.03. The van der Waals surface area contributed by atoms with Crippen molar-refractivity contribution in [2.24, 2.45) is 5.73 Å². The molecule has 1 rings (SSSR count). The Morgan fingerprint density at radius 2 is 2.11 bits per heavy atom. The number of rotatable bonds is 6. The van der Waals surface area contributed by atoms with Crippen LogP contribution in [0.4, 0.5) is 4.39 Å². The topological polar surface area (TPSA) is 58.3 Å². The lowest BCUT2D eigenvalue weighted by molar-refractivity contribution is 0.168. The number of nitrogens with two attached hydrogens (primary N) is 1. The summed E-state index contributed by atoms with van der Waals surface area (Å²) in [7, 11) is 0. The van der Waals surface area contributed by atoms with Gasteiger partial charge >= 0.3 is 0 Å². The molecule has 102 valence electrons. The Morgan fingerprint density at radius 3 is 2.61 bits per heavy atom. The number of benzene rings is 1. The van der Waals surface area contributed by atoms with Crippen LogP contribution in [0.5, 0.6) is 0 Å². The van der Waals surface area contributed by atoms with E-state index in [9.17, 15) is 9.50 Å². The molecule has 4 N–H and O–H groups in total. The van der Waals surface area contributed by atoms with Crippen LogP contribution in [-0.2, 0) is 0 Å². The minimum atomic E-state index is -0.359. The molecule has 0 aromatic heterocycles. The van der Waals surface area contributed by atoms with Crippen molar-refractivity contribution < 1.29 is 9.50 Å². The van der Waals surface area contributed by atoms with Gasteiger partial charge in [-0.3, -0.25) is 0 Å². The molecule has 0 bridgehead atoms. The third-order valence-corrected chi connectivity index (χ3v) is 3.44. The second kappa shape index (κ2) is 7.19. The van der Waals surface area contributed by atoms with Gasteiger partial charge in [0.15, 0.2) is 0 Å². The molecule has 0 saturated heterocycles. The molecule has 0 saturated carbocycles. The first-order valence-corrected chi connectivity index (χ1v) is 6.82. The Balaban J connectivity index is 2.76. The maximum Gasteiger partial charge on any atom is 0.124 e. The van der Waals surface area contributed by atoms with E-state index in [1.807, 2.05) is 6.92 Å². The zero-order valence-electron chi connectivity index (χ0n) is 10.7. The Kier molecular flexibility index (Phi) is 6.21. The summed E-state index contributed by atoms with van der Waals surface area (Å²) in [6, 6.07) is 4.64. The molecule has 1 aromatic rings. The molecule has 5 heteroatoms. The number of nitrogens with one attached hydrogen (secondary N) is 1. The standard InChI is InChI=1S/C13H20BrFN2O/c1-8(5-9(2)18)17-13(7-16)11-4-3-10(15)6-12(11)14/h3-4,6,8-9,13,17-18H,5,7,16H2,1-2H3. The Hall–Kier alpha value is -0.490. The molecule has 0 heterocycles. The predicted molar refractivity (Wildman–Crippen MR) is 74.8 cm³/mol. The number of halogens is 2. The van der Waals surface area contributed by atoms with E-state index < -0.39 is 0 Å². The lowest BCUT2D eigenvalue weighted by atomic mass is 10.0. The van der Waals surface area contributed by atoms with Gasteiger partial charge in [0.05, 0.1) is 6.10 Å². The summed E-state index contributed by atoms with van der Waals surface area (Å²) in [6.07, 6.45) is 0.289. The first kappa shape index (κ1) is 15.6. The SMILES string of the molecule is CC(O)CC(C)NC(CN)c1ccc(F)cc1Br. The van der Waals surface area contributed by atoms with Gasteiger partial charge in [0.2, 0.25) is 0 Å². The van der Waals surface area contributed by atoms with E-state index in [4.69, 9.17) is 5.73 Å². The lowest BCUT2D eigenvalue weighted by Gasteiger charge is -2.24. The van der Waals surface area contributed by atoms with Gasteiger partial charge in [0, 0.05) is 23.1 Å². The van der Waals surface area contributed by atoms with Gasteiger partial charge in [0.25, 0.3) is 0 Å². The average Bonchev–Trinajstić information content (AvgIpc) is 2.25. The van der Waals surface area contributed by atoms with Crippen LogP contribution in [0.1, 0.15) is 31.9 Å². The van der Waals surface area contributed by atoms with Gasteiger partial charge in [-0.2, -0.15) is 0 Å². The molecule has 18 heavy (non-hydrogen) atoms. The zero-order valence-corrected chi connectivity index (χ0v) is 12.2. The van der Waals surface area contributed by atoms with Crippen LogP contribution >= 0.6 is 15.9 Å². The Labute approximate surface area is 116 Å². The van der Waals surface area contributed by atoms with Crippen LogP contribution in [0, 0.1) is 5.82 Å². The van der Waals surface area contributed by atoms with Gasteiger partial charge in [0.1, 0.15) is 5.82 Å². The van der Waals surface area contributed by atoms with Crippen LogP contribution in [0.2, 0.25) is 0 Å². The number of hydrogen-bond donors (Lipinski definition) is 3. The van der Waals surface area contributed by atoms with E-state index in [1.165, 1.54) is 12.1 Å². The van der Waals surface area contributed by atoms with Gasteiger partial charge in [-0.1, -0.05) is 22.0 Å². The summed E-state index contributed by atoms with van der Waals surface area (Å²) in [4.78, 5) is 0. The van der Waals surface area contributed by atoms with Gasteiger partial charge in [-0.15, -0.1) is 0 Å². The molecular formula is C13H20BrFN2O. The predicted octanol–water partition coefficient (Wildman–Crippen LogP) is 2.34. The second-order valence-corrected chi connectivity index (χ2v) is 5.46. The average molecular weight is 319 g/mol. The maximum absolute atomic E-state index is 13.0. The summed E-state index contributed by atoms with van der Waals surface area (Å²) in [5.41, 5.74) is 6.68. The molecule has 1 aromatic carbocycles. The highest BCUT2D eigenvalue weighted by Gasteiger charge is 2.16. The van der Waals surface area contributed by atoms with Crippen LogP contribution in [0.25, 0.3) is 0 Å². The largest absolute Gasteiger partial charge is 0.393 e. The van der Waals surface area contributed by atoms with Crippen LogP contribution in [0.3, 0.4) is 0 Å². The van der Waals surface area contributed by atoms with E-state index in [0.29, 0.717) is 17.4 Å². The lowest BCUT2D eigenvalue weighted by Crippen LogP contribution is -2.36. The van der Waals surface area contributed by atoms with Crippen LogP contribution in [0.15, 0.2) is 22.7 Å². The summed E-state index contributed by atoms with van der Waals surface area (Å²) in [5, 5.41) is 12.7. The van der Waals surface area contributed by atoms with Crippen molar-refractivity contribution in [1.29, 1.82) is 0 Å². The summed E-state index contributed by atoms with van der Waals surface area (Å²) >= 11 is 3.34. The monoisotopic (exact) mass is 318 g/mol. The van der Waals surface area contributed by atoms with Crippen molar-refractivity contribution in [3.63, 3.8) is 0 Å². The molecule has 0 amide bonds. The quantitative estimate of drug-likeness (QED) is 0.754. The van der Waals surface area contributed by atoms with E-state index >= 15 is 0 Å². The van der Waals surface area contributed by atoms with E-state index in [-0.39, 0.29) is 24.0 Å². The highest BCUT2D eigenvalue weighted by Crippen LogP contribution is 2.24. The Morgan fingerprint density at radius 1 is 1.44 bits per heavy atom. The molecule has 0 aliphatic carbocycles. The molecular weight excluding hydrogens is 299 g/mol. The van der Waals surface area contributed by atoms with E-state index in [2.05, 4.69) is 21.2 Å². The second-order valence-electron chi connectivity index (χ2n) is 4.61. The van der Waals surface area contributed by atoms with Crippen molar-refractivity contribution in [2.75, 3.05) is 6.54 Å². The fraction of sp³-hybridized carbons (Fsp3) is 0.538. The maximum atomic E-state index is 13.0. The fourth-order valence-electron chi connectivity index (χ4n) is 1.99. The van der Waals surface area contributed by atoms with E-state index in [1.54, 1.807) is 13.0 Å². The molecule has 0 aliphatic heterocycles. The molecule has 0 radical (unpaired) electrons. The van der Waals surface area contributed by atoms with Crippen molar-refractivity contribution in [1.82, 2.24) is 5.32 Å². The Bertz CT molecular complexity index is 387. The fourth-order valence-corrected chi connectivity index (χ4v) is 2.62. The van der Waals surface area contributed by atoms with Crippen molar-refractivity contribution >= 4 is 15.9 Å². The smallest absolute Gasteiger partial charge is 0.124 e. The summed E-state index contributed by atoms with van der Waals surface area (Å²) in [5.74, 6) is -0.279. The third-order valence-electron chi connectivity index (χ3n) is 2.75. The van der Waals surface area contributed by atoms with Gasteiger partial charge in [-0.05, 0) is 38.0 Å². The van der Waals surface area contributed by atoms with E-state index in [0.717, 1.165) is 5.56 Å². The molecule has 0 spiro atoms. The first-order chi connectivity index (χ1) is 8.43. The number of aliphatic hydroxyl groups excluding tert-OH is 1. The highest BCUT2D eigenvalue weighted by atomic mass is 79.9. The summed E-state index contributed by atoms with van der Waals surface area (Å²) in [6.45, 7) is 4.16. The van der Waals surface area contributed by atoms with Gasteiger partial charge in [-0.25, -0.2) is 4.39 Å². The molecule has 3 atom stereocenters. The normalized spacial score (nSPS) is 16.3. The van der Waals surface area contributed by atoms with Gasteiger partial charge < -0.3 is 16.2 Å². The molecule has 3 nitrogen and oxygen atoms in total. The molecule has 0 aliphatic rings. The third kappa shape index (κ3) is 4.65. The molecule has 0 fully saturated rings. The minimum Gasteiger partial charge on any atom is -0.393 e. The zero-order chi connectivity index (χ0) is 13.7. The minimum absolute atomic E-state index is 0.0614. The van der Waals surface area contributed by atoms with Crippen molar-refractivity contribution in [2.45, 2.75) is 38.5 Å². The van der Waals surface area contributed by atoms with Crippen LogP contribution < -0.4 is 11.1 Å². The van der Waals surface area contributed by atoms with Crippen molar-refractivity contribution in [3.05, 3.63) is 34.1 Å².